The fourth-order valence-electron chi connectivity index (χ4n) is 3.11. The zero-order valence-electron chi connectivity index (χ0n) is 14.7. The summed E-state index contributed by atoms with van der Waals surface area (Å²) in [7, 11) is 0. The molecular formula is C17H20ClN3O4S. The predicted molar refractivity (Wildman–Crippen MR) is 102 cm³/mol. The van der Waals surface area contributed by atoms with Crippen molar-refractivity contribution in [3.63, 3.8) is 0 Å². The van der Waals surface area contributed by atoms with Crippen molar-refractivity contribution in [1.29, 1.82) is 0 Å². The SMILES string of the molecule is CC(C)(C)OC(=O)NC1=N[C@@]2(c3cc([N+](=O)[O-])ccc3Cl)C[C@H]2CCS1. The highest BCUT2D eigenvalue weighted by molar-refractivity contribution is 8.13. The highest BCUT2D eigenvalue weighted by atomic mass is 35.5. The molecular weight excluding hydrogens is 378 g/mol. The molecule has 1 saturated carbocycles. The Hall–Kier alpha value is -1.80. The molecule has 7 nitrogen and oxygen atoms in total. The fraction of sp³-hybridized carbons (Fsp3) is 0.529. The molecule has 3 rings (SSSR count). The zero-order valence-corrected chi connectivity index (χ0v) is 16.3. The fourth-order valence-corrected chi connectivity index (χ4v) is 4.37. The lowest BCUT2D eigenvalue weighted by Gasteiger charge is -2.20. The number of non-ortho nitro benzene ring substituents is 1. The average molecular weight is 398 g/mol. The van der Waals surface area contributed by atoms with Crippen LogP contribution < -0.4 is 5.32 Å². The summed E-state index contributed by atoms with van der Waals surface area (Å²) in [6.45, 7) is 5.36. The number of amidine groups is 1. The van der Waals surface area contributed by atoms with Crippen LogP contribution in [-0.4, -0.2) is 27.5 Å². The minimum Gasteiger partial charge on any atom is -0.444 e. The monoisotopic (exact) mass is 397 g/mol. The number of benzene rings is 1. The van der Waals surface area contributed by atoms with Crippen molar-refractivity contribution in [2.45, 2.75) is 44.8 Å². The largest absolute Gasteiger partial charge is 0.444 e. The topological polar surface area (TPSA) is 93.8 Å². The van der Waals surface area contributed by atoms with Crippen molar-refractivity contribution in [3.05, 3.63) is 38.9 Å². The first kappa shape index (κ1) is 19.0. The number of ether oxygens (including phenoxy) is 1. The maximum atomic E-state index is 12.1. The number of carbonyl (C=O) groups excluding carboxylic acids is 1. The number of amides is 1. The number of carbonyl (C=O) groups is 1. The Balaban J connectivity index is 1.90. The molecule has 1 amide bonds. The van der Waals surface area contributed by atoms with E-state index < -0.39 is 22.2 Å². The Kier molecular flexibility index (Phi) is 4.92. The lowest BCUT2D eigenvalue weighted by molar-refractivity contribution is -0.384. The van der Waals surface area contributed by atoms with E-state index >= 15 is 0 Å². The molecule has 1 heterocycles. The van der Waals surface area contributed by atoms with Crippen molar-refractivity contribution in [2.24, 2.45) is 10.9 Å². The summed E-state index contributed by atoms with van der Waals surface area (Å²) in [5, 5.41) is 14.7. The van der Waals surface area contributed by atoms with E-state index in [0.717, 1.165) is 18.6 Å². The van der Waals surface area contributed by atoms with Crippen LogP contribution in [0.25, 0.3) is 0 Å². The number of thioether (sulfide) groups is 1. The molecule has 2 atom stereocenters. The first-order valence-electron chi connectivity index (χ1n) is 8.28. The van der Waals surface area contributed by atoms with Gasteiger partial charge in [0.2, 0.25) is 0 Å². The number of hydrogen-bond acceptors (Lipinski definition) is 6. The van der Waals surface area contributed by atoms with Gasteiger partial charge in [0.15, 0.2) is 5.17 Å². The molecule has 0 spiro atoms. The number of fused-ring (bicyclic) bond motifs is 1. The number of rotatable bonds is 2. The second-order valence-electron chi connectivity index (χ2n) is 7.43. The standard InChI is InChI=1S/C17H20ClN3O4S/c1-16(2,3)25-15(22)19-14-20-17(9-10(17)6-7-26-14)12-8-11(21(23)24)4-5-13(12)18/h4-5,8,10H,6-7,9H2,1-3H3,(H,19,20,22)/t10-,17+/m1/s1. The maximum Gasteiger partial charge on any atom is 0.413 e. The van der Waals surface area contributed by atoms with Crippen LogP contribution in [0, 0.1) is 16.0 Å². The Labute approximate surface area is 160 Å². The van der Waals surface area contributed by atoms with Crippen molar-refractivity contribution >= 4 is 40.3 Å². The molecule has 1 aromatic carbocycles. The lowest BCUT2D eigenvalue weighted by Crippen LogP contribution is -2.35. The van der Waals surface area contributed by atoms with Crippen LogP contribution in [0.15, 0.2) is 23.2 Å². The van der Waals surface area contributed by atoms with E-state index in [9.17, 15) is 14.9 Å². The summed E-state index contributed by atoms with van der Waals surface area (Å²) >= 11 is 7.78. The van der Waals surface area contributed by atoms with Gasteiger partial charge in [0.05, 0.1) is 10.5 Å². The van der Waals surface area contributed by atoms with Crippen molar-refractivity contribution < 1.29 is 14.5 Å². The van der Waals surface area contributed by atoms with Gasteiger partial charge in [-0.1, -0.05) is 23.4 Å². The van der Waals surface area contributed by atoms with E-state index in [1.807, 2.05) is 0 Å². The molecule has 0 aromatic heterocycles. The minimum atomic E-state index is -0.614. The van der Waals surface area contributed by atoms with E-state index in [1.165, 1.54) is 30.0 Å². The number of halogens is 1. The maximum absolute atomic E-state index is 12.1. The third-order valence-corrected chi connectivity index (χ3v) is 5.55. The zero-order chi connectivity index (χ0) is 19.1. The Bertz CT molecular complexity index is 793. The molecule has 9 heteroatoms. The molecule has 0 unspecified atom stereocenters. The summed E-state index contributed by atoms with van der Waals surface area (Å²) in [5.41, 5.74) is -0.595. The van der Waals surface area contributed by atoms with Crippen LogP contribution in [-0.2, 0) is 10.3 Å². The van der Waals surface area contributed by atoms with E-state index in [4.69, 9.17) is 21.3 Å². The summed E-state index contributed by atoms with van der Waals surface area (Å²) in [6.07, 6.45) is 1.09. The molecule has 0 bridgehead atoms. The van der Waals surface area contributed by atoms with Crippen LogP contribution in [0.4, 0.5) is 10.5 Å². The predicted octanol–water partition coefficient (Wildman–Crippen LogP) is 4.48. The lowest BCUT2D eigenvalue weighted by atomic mass is 10.0. The van der Waals surface area contributed by atoms with Gasteiger partial charge in [0.1, 0.15) is 5.60 Å². The average Bonchev–Trinajstić information content (AvgIpc) is 3.19. The first-order valence-corrected chi connectivity index (χ1v) is 9.64. The summed E-state index contributed by atoms with van der Waals surface area (Å²) in [4.78, 5) is 27.5. The Morgan fingerprint density at radius 2 is 2.23 bits per heavy atom. The highest BCUT2D eigenvalue weighted by Gasteiger charge is 2.57. The van der Waals surface area contributed by atoms with Gasteiger partial charge in [-0.15, -0.1) is 0 Å². The summed E-state index contributed by atoms with van der Waals surface area (Å²) < 4.78 is 5.28. The molecule has 1 fully saturated rings. The number of nitro benzene ring substituents is 1. The molecule has 2 aliphatic rings. The van der Waals surface area contributed by atoms with Crippen molar-refractivity contribution in [1.82, 2.24) is 5.32 Å². The van der Waals surface area contributed by atoms with Gasteiger partial charge in [-0.3, -0.25) is 20.4 Å². The third-order valence-electron chi connectivity index (χ3n) is 4.31. The van der Waals surface area contributed by atoms with Gasteiger partial charge in [-0.2, -0.15) is 0 Å². The van der Waals surface area contributed by atoms with E-state index in [0.29, 0.717) is 15.8 Å². The minimum absolute atomic E-state index is 0.0156. The summed E-state index contributed by atoms with van der Waals surface area (Å²) in [6, 6.07) is 4.41. The van der Waals surface area contributed by atoms with Gasteiger partial charge >= 0.3 is 6.09 Å². The normalized spacial score (nSPS) is 24.8. The number of alkyl carbamates (subject to hydrolysis) is 1. The molecule has 1 aliphatic heterocycles. The number of nitrogens with zero attached hydrogens (tertiary/aromatic N) is 2. The van der Waals surface area contributed by atoms with Gasteiger partial charge in [-0.05, 0) is 45.6 Å². The molecule has 1 aliphatic carbocycles. The van der Waals surface area contributed by atoms with E-state index in [2.05, 4.69) is 5.32 Å². The Morgan fingerprint density at radius 3 is 2.88 bits per heavy atom. The molecule has 1 N–H and O–H groups in total. The van der Waals surface area contributed by atoms with Gasteiger partial charge in [0.25, 0.3) is 5.69 Å². The number of nitrogens with one attached hydrogen (secondary N) is 1. The molecule has 26 heavy (non-hydrogen) atoms. The highest BCUT2D eigenvalue weighted by Crippen LogP contribution is 2.60. The van der Waals surface area contributed by atoms with Crippen molar-refractivity contribution in [2.75, 3.05) is 5.75 Å². The third kappa shape index (κ3) is 3.96. The Morgan fingerprint density at radius 1 is 1.50 bits per heavy atom. The number of aliphatic imine (C=N–C) groups is 1. The molecule has 140 valence electrons. The van der Waals surface area contributed by atoms with E-state index in [-0.39, 0.29) is 11.6 Å². The van der Waals surface area contributed by atoms with Gasteiger partial charge < -0.3 is 4.74 Å². The van der Waals surface area contributed by atoms with Crippen LogP contribution >= 0.6 is 23.4 Å². The summed E-state index contributed by atoms with van der Waals surface area (Å²) in [5.74, 6) is 1.06. The second-order valence-corrected chi connectivity index (χ2v) is 8.92. The number of nitro groups is 1. The van der Waals surface area contributed by atoms with Crippen LogP contribution in [0.5, 0.6) is 0 Å². The van der Waals surface area contributed by atoms with Crippen molar-refractivity contribution in [3.8, 4) is 0 Å². The van der Waals surface area contributed by atoms with Crippen LogP contribution in [0.1, 0.15) is 39.2 Å². The molecule has 0 saturated heterocycles. The van der Waals surface area contributed by atoms with Crippen LogP contribution in [0.2, 0.25) is 5.02 Å². The van der Waals surface area contributed by atoms with Gasteiger partial charge in [0, 0.05) is 28.5 Å². The first-order chi connectivity index (χ1) is 12.1. The van der Waals surface area contributed by atoms with Crippen LogP contribution in [0.3, 0.4) is 0 Å². The molecule has 1 aromatic rings. The van der Waals surface area contributed by atoms with Gasteiger partial charge in [-0.25, -0.2) is 4.79 Å². The smallest absolute Gasteiger partial charge is 0.413 e. The van der Waals surface area contributed by atoms with E-state index in [1.54, 1.807) is 20.8 Å². The molecule has 0 radical (unpaired) electrons. The second kappa shape index (κ2) is 6.74. The quantitative estimate of drug-likeness (QED) is 0.586. The number of hydrogen-bond donors (Lipinski definition) is 1.